The van der Waals surface area contributed by atoms with Crippen LogP contribution in [0.15, 0.2) is 101 Å². The normalized spacial score (nSPS) is 19.4. The molecule has 0 saturated heterocycles. The average Bonchev–Trinajstić information content (AvgIpc) is 3.25. The smallest absolute Gasteiger partial charge is 0.256 e. The molecule has 0 fully saturated rings. The van der Waals surface area contributed by atoms with E-state index in [1.807, 2.05) is 66.7 Å². The van der Waals surface area contributed by atoms with Crippen LogP contribution in [0.5, 0.6) is 5.75 Å². The molecule has 0 saturated carbocycles. The Labute approximate surface area is 236 Å². The number of fused-ring (bicyclic) bond motifs is 2. The molecule has 1 aromatic heterocycles. The zero-order valence-electron chi connectivity index (χ0n) is 21.9. The quantitative estimate of drug-likeness (QED) is 0.281. The molecule has 3 aromatic carbocycles. The van der Waals surface area contributed by atoms with Crippen molar-refractivity contribution in [3.63, 3.8) is 0 Å². The van der Waals surface area contributed by atoms with Crippen LogP contribution in [0, 0.1) is 5.92 Å². The van der Waals surface area contributed by atoms with Crippen molar-refractivity contribution in [1.82, 2.24) is 4.98 Å². The Bertz CT molecular complexity index is 1720. The predicted molar refractivity (Wildman–Crippen MR) is 154 cm³/mol. The Morgan fingerprint density at radius 3 is 2.52 bits per heavy atom. The van der Waals surface area contributed by atoms with Crippen LogP contribution in [-0.4, -0.2) is 27.5 Å². The summed E-state index contributed by atoms with van der Waals surface area (Å²) in [6.07, 6.45) is -1.26. The van der Waals surface area contributed by atoms with Crippen LogP contribution in [0.3, 0.4) is 0 Å². The van der Waals surface area contributed by atoms with Gasteiger partial charge < -0.3 is 9.84 Å². The van der Waals surface area contributed by atoms with Crippen LogP contribution in [0.4, 0.5) is 5.69 Å². The van der Waals surface area contributed by atoms with E-state index < -0.39 is 17.9 Å². The van der Waals surface area contributed by atoms with Crippen LogP contribution in [0.1, 0.15) is 43.4 Å². The fourth-order valence-corrected chi connectivity index (χ4v) is 5.88. The van der Waals surface area contributed by atoms with Gasteiger partial charge in [-0.1, -0.05) is 66.2 Å². The maximum absolute atomic E-state index is 14.0. The number of Topliss-reactive ketones (excluding diaryl/α,β-unsaturated/α-hetero) is 1. The number of carbonyl (C=O) groups is 2. The molecule has 1 N–H and O–H groups in total. The molecule has 7 nitrogen and oxygen atoms in total. The van der Waals surface area contributed by atoms with Crippen molar-refractivity contribution in [2.75, 3.05) is 5.01 Å². The van der Waals surface area contributed by atoms with Gasteiger partial charge >= 0.3 is 0 Å². The van der Waals surface area contributed by atoms with E-state index in [9.17, 15) is 14.7 Å². The molecule has 3 atom stereocenters. The van der Waals surface area contributed by atoms with Gasteiger partial charge in [-0.05, 0) is 49.7 Å². The van der Waals surface area contributed by atoms with E-state index in [4.69, 9.17) is 16.3 Å². The molecule has 200 valence electrons. The molecule has 2 aliphatic rings. The molecule has 40 heavy (non-hydrogen) atoms. The molecule has 0 spiro atoms. The monoisotopic (exact) mass is 551 g/mol. The number of carbonyl (C=O) groups excluding carboxylic acids is 2. The summed E-state index contributed by atoms with van der Waals surface area (Å²) in [6.45, 7) is 3.45. The SMILES string of the molecule is CC1=NN(c2ccccc2)C(=O)C1C(CC(=O)C1=C(C)Oc2ccccc2C1O)c1cc2ccccc2nc1Cl. The number of aliphatic hydroxyl groups is 1. The molecule has 2 aliphatic heterocycles. The third-order valence-electron chi connectivity index (χ3n) is 7.52. The first-order valence-corrected chi connectivity index (χ1v) is 13.4. The number of halogens is 1. The Kier molecular flexibility index (Phi) is 6.70. The zero-order chi connectivity index (χ0) is 28.0. The highest BCUT2D eigenvalue weighted by molar-refractivity contribution is 6.31. The summed E-state index contributed by atoms with van der Waals surface area (Å²) in [7, 11) is 0. The number of hydrogen-bond acceptors (Lipinski definition) is 6. The number of hydrazone groups is 1. The van der Waals surface area contributed by atoms with E-state index in [0.717, 1.165) is 5.39 Å². The van der Waals surface area contributed by atoms with Gasteiger partial charge in [-0.3, -0.25) is 9.59 Å². The summed E-state index contributed by atoms with van der Waals surface area (Å²) in [5.74, 6) is -1.22. The van der Waals surface area contributed by atoms with Crippen LogP contribution in [-0.2, 0) is 9.59 Å². The number of aliphatic hydroxyl groups excluding tert-OH is 1. The van der Waals surface area contributed by atoms with Crippen molar-refractivity contribution < 1.29 is 19.4 Å². The third kappa shape index (κ3) is 4.47. The molecule has 4 aromatic rings. The van der Waals surface area contributed by atoms with Crippen LogP contribution in [0.25, 0.3) is 10.9 Å². The Morgan fingerprint density at radius 1 is 1.02 bits per heavy atom. The lowest BCUT2D eigenvalue weighted by molar-refractivity contribution is -0.121. The van der Waals surface area contributed by atoms with Crippen LogP contribution >= 0.6 is 11.6 Å². The van der Waals surface area contributed by atoms with Crippen molar-refractivity contribution in [3.05, 3.63) is 113 Å². The van der Waals surface area contributed by atoms with Gasteiger partial charge in [0.25, 0.3) is 5.91 Å². The Balaban J connectivity index is 1.42. The second-order valence-corrected chi connectivity index (χ2v) is 10.4. The molecule has 3 heterocycles. The lowest BCUT2D eigenvalue weighted by Gasteiger charge is -2.28. The molecule has 0 radical (unpaired) electrons. The summed E-state index contributed by atoms with van der Waals surface area (Å²) in [6, 6.07) is 25.7. The van der Waals surface area contributed by atoms with E-state index in [1.165, 1.54) is 5.01 Å². The first kappa shape index (κ1) is 25.9. The van der Waals surface area contributed by atoms with Gasteiger partial charge in [-0.25, -0.2) is 9.99 Å². The van der Waals surface area contributed by atoms with Crippen molar-refractivity contribution in [2.24, 2.45) is 11.0 Å². The minimum absolute atomic E-state index is 0.110. The Morgan fingerprint density at radius 2 is 1.73 bits per heavy atom. The van der Waals surface area contributed by atoms with E-state index in [1.54, 1.807) is 32.0 Å². The standard InChI is InChI=1S/C32H26ClN3O4/c1-18-28(32(39)36(35-18)21-11-4-3-5-12-21)23(24-16-20-10-6-8-14-25(20)34-31(24)33)17-26(37)29-19(2)40-27-15-9-7-13-22(27)30(29)38/h3-16,23,28,30,38H,17H2,1-2H3. The molecule has 0 bridgehead atoms. The van der Waals surface area contributed by atoms with Gasteiger partial charge in [0.2, 0.25) is 0 Å². The van der Waals surface area contributed by atoms with Gasteiger partial charge in [0.05, 0.1) is 22.7 Å². The number of pyridine rings is 1. The number of nitrogens with zero attached hydrogens (tertiary/aromatic N) is 3. The predicted octanol–water partition coefficient (Wildman–Crippen LogP) is 6.37. The second kappa shape index (κ2) is 10.3. The third-order valence-corrected chi connectivity index (χ3v) is 7.83. The highest BCUT2D eigenvalue weighted by Crippen LogP contribution is 2.43. The topological polar surface area (TPSA) is 92.1 Å². The molecular formula is C32H26ClN3O4. The first-order valence-electron chi connectivity index (χ1n) is 13.0. The largest absolute Gasteiger partial charge is 0.461 e. The molecule has 1 amide bonds. The fourth-order valence-electron chi connectivity index (χ4n) is 5.60. The molecule has 8 heteroatoms. The molecular weight excluding hydrogens is 526 g/mol. The van der Waals surface area contributed by atoms with Crippen molar-refractivity contribution in [2.45, 2.75) is 32.3 Å². The molecule has 6 rings (SSSR count). The molecule has 0 aliphatic carbocycles. The number of aromatic nitrogens is 1. The number of hydrogen-bond donors (Lipinski definition) is 1. The lowest BCUT2D eigenvalue weighted by Crippen LogP contribution is -2.33. The van der Waals surface area contributed by atoms with Crippen LogP contribution in [0.2, 0.25) is 5.15 Å². The van der Waals surface area contributed by atoms with E-state index in [-0.39, 0.29) is 28.8 Å². The van der Waals surface area contributed by atoms with Gasteiger partial charge in [0.15, 0.2) is 5.78 Å². The van der Waals surface area contributed by atoms with Gasteiger partial charge in [-0.15, -0.1) is 0 Å². The highest BCUT2D eigenvalue weighted by Gasteiger charge is 2.43. The number of ketones is 1. The van der Waals surface area contributed by atoms with Crippen molar-refractivity contribution in [3.8, 4) is 5.75 Å². The minimum Gasteiger partial charge on any atom is -0.461 e. The van der Waals surface area contributed by atoms with E-state index >= 15 is 0 Å². The molecule has 3 unspecified atom stereocenters. The number of ether oxygens (including phenoxy) is 1. The number of benzene rings is 3. The summed E-state index contributed by atoms with van der Waals surface area (Å²) in [5.41, 5.74) is 3.15. The van der Waals surface area contributed by atoms with Crippen molar-refractivity contribution >= 4 is 45.6 Å². The zero-order valence-corrected chi connectivity index (χ0v) is 22.7. The Hall–Kier alpha value is -4.33. The number of rotatable bonds is 6. The van der Waals surface area contributed by atoms with E-state index in [0.29, 0.717) is 39.6 Å². The van der Waals surface area contributed by atoms with Crippen LogP contribution < -0.4 is 9.75 Å². The number of amides is 1. The summed E-state index contributed by atoms with van der Waals surface area (Å²) < 4.78 is 5.91. The van der Waals surface area contributed by atoms with Crippen molar-refractivity contribution in [1.29, 1.82) is 0 Å². The van der Waals surface area contributed by atoms with Gasteiger partial charge in [0, 0.05) is 29.0 Å². The van der Waals surface area contributed by atoms with Gasteiger partial charge in [-0.2, -0.15) is 5.10 Å². The first-order chi connectivity index (χ1) is 19.3. The average molecular weight is 552 g/mol. The van der Waals surface area contributed by atoms with Gasteiger partial charge in [0.1, 0.15) is 22.8 Å². The minimum atomic E-state index is -1.15. The fraction of sp³-hybridized carbons (Fsp3) is 0.188. The highest BCUT2D eigenvalue weighted by atomic mass is 35.5. The second-order valence-electron chi connectivity index (χ2n) is 10.0. The maximum Gasteiger partial charge on any atom is 0.256 e. The summed E-state index contributed by atoms with van der Waals surface area (Å²) in [5, 5.41) is 18.2. The maximum atomic E-state index is 14.0. The summed E-state index contributed by atoms with van der Waals surface area (Å²) >= 11 is 6.75. The number of anilines is 1. The van der Waals surface area contributed by atoms with E-state index in [2.05, 4.69) is 10.1 Å². The summed E-state index contributed by atoms with van der Waals surface area (Å²) in [4.78, 5) is 32.5. The number of allylic oxidation sites excluding steroid dienone is 1. The lowest BCUT2D eigenvalue weighted by atomic mass is 9.78. The number of para-hydroxylation sites is 3.